The molecule has 1 aromatic carbocycles. The zero-order valence-electron chi connectivity index (χ0n) is 20.3. The van der Waals surface area contributed by atoms with E-state index in [-0.39, 0.29) is 18.3 Å². The van der Waals surface area contributed by atoms with E-state index in [0.717, 1.165) is 16.9 Å². The molecule has 8 nitrogen and oxygen atoms in total. The highest BCUT2D eigenvalue weighted by atomic mass is 19.1. The first-order valence-corrected chi connectivity index (χ1v) is 11.6. The smallest absolute Gasteiger partial charge is 0.142 e. The van der Waals surface area contributed by atoms with E-state index in [9.17, 15) is 14.8 Å². The maximum atomic E-state index is 13.9. The predicted octanol–water partition coefficient (Wildman–Crippen LogP) is 3.81. The number of halogens is 1. The molecule has 0 unspecified atom stereocenters. The fourth-order valence-corrected chi connectivity index (χ4v) is 4.05. The molecule has 186 valence electrons. The van der Waals surface area contributed by atoms with E-state index >= 15 is 0 Å². The van der Waals surface area contributed by atoms with E-state index in [0.29, 0.717) is 35.7 Å². The molecule has 4 heterocycles. The van der Waals surface area contributed by atoms with Crippen molar-refractivity contribution in [2.45, 2.75) is 25.6 Å². The predicted molar refractivity (Wildman–Crippen MR) is 136 cm³/mol. The molecule has 9 heteroatoms. The number of hydrogen-bond acceptors (Lipinski definition) is 7. The van der Waals surface area contributed by atoms with Crippen LogP contribution < -0.4 is 14.4 Å². The Labute approximate surface area is 213 Å². The Morgan fingerprint density at radius 3 is 2.62 bits per heavy atom. The number of fused-ring (bicyclic) bond motifs is 1. The van der Waals surface area contributed by atoms with Crippen molar-refractivity contribution in [1.29, 1.82) is 5.26 Å². The highest BCUT2D eigenvalue weighted by molar-refractivity contribution is 5.85. The molecular weight excluding hydrogens is 473 g/mol. The lowest BCUT2D eigenvalue weighted by Gasteiger charge is -2.39. The van der Waals surface area contributed by atoms with Crippen molar-refractivity contribution in [1.82, 2.24) is 14.6 Å². The molecule has 1 aliphatic heterocycles. The first kappa shape index (κ1) is 24.1. The fraction of sp³-hybridized carbons (Fsp3) is 0.250. The van der Waals surface area contributed by atoms with Gasteiger partial charge in [0.15, 0.2) is 0 Å². The highest BCUT2D eigenvalue weighted by Gasteiger charge is 2.30. The van der Waals surface area contributed by atoms with Gasteiger partial charge in [0.2, 0.25) is 0 Å². The SMILES string of the molecule is C#Cc1ccc(OC2CN(c3ccc(-c4cc(OCC(C)(C)O)cn5ncc(C#N)c45)cn3)C2)cc1F. The van der Waals surface area contributed by atoms with Gasteiger partial charge >= 0.3 is 0 Å². The van der Waals surface area contributed by atoms with Crippen molar-refractivity contribution >= 4 is 11.3 Å². The van der Waals surface area contributed by atoms with Gasteiger partial charge < -0.3 is 19.5 Å². The Balaban J connectivity index is 1.32. The van der Waals surface area contributed by atoms with Crippen LogP contribution in [0.2, 0.25) is 0 Å². The summed E-state index contributed by atoms with van der Waals surface area (Å²) in [7, 11) is 0. The molecule has 37 heavy (non-hydrogen) atoms. The maximum Gasteiger partial charge on any atom is 0.142 e. The Morgan fingerprint density at radius 2 is 1.97 bits per heavy atom. The molecule has 0 atom stereocenters. The van der Waals surface area contributed by atoms with Crippen LogP contribution in [0.25, 0.3) is 16.6 Å². The normalized spacial score (nSPS) is 13.6. The second-order valence-electron chi connectivity index (χ2n) is 9.49. The van der Waals surface area contributed by atoms with Gasteiger partial charge in [0.05, 0.1) is 47.7 Å². The fourth-order valence-electron chi connectivity index (χ4n) is 4.05. The summed E-state index contributed by atoms with van der Waals surface area (Å²) in [6.07, 6.45) is 10.1. The minimum absolute atomic E-state index is 0.0910. The summed E-state index contributed by atoms with van der Waals surface area (Å²) in [4.78, 5) is 6.67. The molecule has 1 saturated heterocycles. The van der Waals surface area contributed by atoms with Crippen molar-refractivity contribution in [2.24, 2.45) is 0 Å². The summed E-state index contributed by atoms with van der Waals surface area (Å²) in [6.45, 7) is 4.64. The van der Waals surface area contributed by atoms with Gasteiger partial charge in [-0.05, 0) is 44.2 Å². The second kappa shape index (κ2) is 9.45. The second-order valence-corrected chi connectivity index (χ2v) is 9.49. The van der Waals surface area contributed by atoms with Gasteiger partial charge in [-0.1, -0.05) is 5.92 Å². The number of pyridine rings is 2. The molecule has 1 N–H and O–H groups in total. The Morgan fingerprint density at radius 1 is 1.16 bits per heavy atom. The van der Waals surface area contributed by atoms with Crippen LogP contribution in [0.5, 0.6) is 11.5 Å². The average Bonchev–Trinajstić information content (AvgIpc) is 3.27. The van der Waals surface area contributed by atoms with Gasteiger partial charge in [0.1, 0.15) is 41.9 Å². The molecule has 0 spiro atoms. The Hall–Kier alpha value is -4.60. The van der Waals surface area contributed by atoms with Crippen LogP contribution in [-0.2, 0) is 0 Å². The zero-order valence-corrected chi connectivity index (χ0v) is 20.3. The number of anilines is 1. The van der Waals surface area contributed by atoms with Crippen molar-refractivity contribution in [3.05, 3.63) is 71.9 Å². The highest BCUT2D eigenvalue weighted by Crippen LogP contribution is 2.32. The molecular formula is C28H24FN5O3. The summed E-state index contributed by atoms with van der Waals surface area (Å²) < 4.78 is 27.1. The Kier molecular flexibility index (Phi) is 6.16. The number of hydrogen-bond donors (Lipinski definition) is 1. The van der Waals surface area contributed by atoms with Crippen molar-refractivity contribution in [2.75, 3.05) is 24.6 Å². The molecule has 0 radical (unpaired) electrons. The molecule has 0 amide bonds. The van der Waals surface area contributed by atoms with E-state index in [1.165, 1.54) is 18.3 Å². The molecule has 1 aliphatic rings. The van der Waals surface area contributed by atoms with Gasteiger partial charge in [-0.25, -0.2) is 13.9 Å². The monoisotopic (exact) mass is 497 g/mol. The van der Waals surface area contributed by atoms with E-state index in [1.54, 1.807) is 36.8 Å². The summed E-state index contributed by atoms with van der Waals surface area (Å²) in [5, 5.41) is 23.9. The minimum atomic E-state index is -1.00. The topological polar surface area (TPSA) is 95.9 Å². The van der Waals surface area contributed by atoms with Crippen LogP contribution in [0.3, 0.4) is 0 Å². The van der Waals surface area contributed by atoms with Crippen LogP contribution in [0.4, 0.5) is 10.2 Å². The number of aliphatic hydroxyl groups is 1. The number of nitrogens with zero attached hydrogens (tertiary/aromatic N) is 5. The first-order valence-electron chi connectivity index (χ1n) is 11.6. The summed E-state index contributed by atoms with van der Waals surface area (Å²) in [6, 6.07) is 12.3. The van der Waals surface area contributed by atoms with Gasteiger partial charge in [0.25, 0.3) is 0 Å². The molecule has 0 aliphatic carbocycles. The standard InChI is InChI=1S/C28H24FN5O3/c1-4-18-5-7-21(10-25(18)29)37-23-14-33(15-23)26-8-6-19(12-31-26)24-9-22(36-17-28(2,3)35)16-34-27(24)20(11-30)13-32-34/h1,5-10,12-13,16,23,35H,14-15,17H2,2-3H3. The van der Waals surface area contributed by atoms with Crippen molar-refractivity contribution < 1.29 is 19.0 Å². The van der Waals surface area contributed by atoms with Gasteiger partial charge in [-0.2, -0.15) is 10.4 Å². The van der Waals surface area contributed by atoms with Gasteiger partial charge in [-0.3, -0.25) is 0 Å². The van der Waals surface area contributed by atoms with Crippen LogP contribution >= 0.6 is 0 Å². The zero-order chi connectivity index (χ0) is 26.2. The third-order valence-corrected chi connectivity index (χ3v) is 5.93. The number of terminal acetylenes is 1. The number of benzene rings is 1. The quantitative estimate of drug-likeness (QED) is 0.388. The van der Waals surface area contributed by atoms with Crippen molar-refractivity contribution in [3.8, 4) is 41.0 Å². The molecule has 0 bridgehead atoms. The lowest BCUT2D eigenvalue weighted by atomic mass is 10.0. The van der Waals surface area contributed by atoms with Gasteiger partial charge in [-0.15, -0.1) is 6.42 Å². The summed E-state index contributed by atoms with van der Waals surface area (Å²) >= 11 is 0. The first-order chi connectivity index (χ1) is 17.7. The molecule has 5 rings (SSSR count). The van der Waals surface area contributed by atoms with E-state index in [1.807, 2.05) is 18.2 Å². The number of nitriles is 1. The van der Waals surface area contributed by atoms with E-state index < -0.39 is 11.4 Å². The Bertz CT molecular complexity index is 1540. The molecule has 1 fully saturated rings. The third-order valence-electron chi connectivity index (χ3n) is 5.93. The van der Waals surface area contributed by atoms with E-state index in [2.05, 4.69) is 27.0 Å². The van der Waals surface area contributed by atoms with Crippen LogP contribution in [-0.4, -0.2) is 51.1 Å². The lowest BCUT2D eigenvalue weighted by Crippen LogP contribution is -2.54. The largest absolute Gasteiger partial charge is 0.489 e. The molecule has 4 aromatic rings. The summed E-state index contributed by atoms with van der Waals surface area (Å²) in [5.41, 5.74) is 1.81. The lowest BCUT2D eigenvalue weighted by molar-refractivity contribution is 0.0283. The number of aromatic nitrogens is 3. The van der Waals surface area contributed by atoms with E-state index in [4.69, 9.17) is 15.9 Å². The molecule has 0 saturated carbocycles. The van der Waals surface area contributed by atoms with Crippen LogP contribution in [0, 0.1) is 29.5 Å². The number of ether oxygens (including phenoxy) is 2. The number of rotatable bonds is 7. The van der Waals surface area contributed by atoms with Gasteiger partial charge in [0, 0.05) is 23.4 Å². The maximum absolute atomic E-state index is 13.9. The van der Waals surface area contributed by atoms with Crippen LogP contribution in [0.1, 0.15) is 25.0 Å². The third kappa shape index (κ3) is 5.04. The minimum Gasteiger partial charge on any atom is -0.489 e. The summed E-state index contributed by atoms with van der Waals surface area (Å²) in [5.74, 6) is 3.54. The van der Waals surface area contributed by atoms with Crippen molar-refractivity contribution in [3.63, 3.8) is 0 Å². The molecule has 3 aromatic heterocycles. The van der Waals surface area contributed by atoms with Crippen LogP contribution in [0.15, 0.2) is 55.0 Å². The average molecular weight is 498 g/mol.